The second-order valence-electron chi connectivity index (χ2n) is 26.9. The van der Waals surface area contributed by atoms with Crippen LogP contribution in [0.15, 0.2) is 278 Å². The molecule has 0 bridgehead atoms. The Morgan fingerprint density at radius 3 is 0.990 bits per heavy atom. The molecule has 16 rings (SSSR count). The maximum atomic E-state index is 11.2. The van der Waals surface area contributed by atoms with Crippen molar-refractivity contribution in [2.75, 3.05) is 9.80 Å². The lowest BCUT2D eigenvalue weighted by Gasteiger charge is -2.44. The Hall–Kier alpha value is -10.7. The number of nitrogens with zero attached hydrogens (tertiary/aromatic N) is 3. The molecule has 3 heterocycles. The van der Waals surface area contributed by atoms with E-state index in [1.54, 1.807) is 0 Å². The predicted molar refractivity (Wildman–Crippen MR) is 432 cm³/mol. The first-order chi connectivity index (χ1) is 64.8. The summed E-state index contributed by atoms with van der Waals surface area (Å²) < 4.78 is 385. The van der Waals surface area contributed by atoms with Crippen LogP contribution in [0.2, 0.25) is 0 Å². The molecule has 1 aromatic heterocycles. The molecule has 0 amide bonds. The summed E-state index contributed by atoms with van der Waals surface area (Å²) in [5.41, 5.74) is -10.9. The molecule has 0 saturated heterocycles. The van der Waals surface area contributed by atoms with E-state index in [2.05, 4.69) is 0 Å². The van der Waals surface area contributed by atoms with Crippen molar-refractivity contribution >= 4 is 79.0 Å². The fourth-order valence-corrected chi connectivity index (χ4v) is 13.7. The fraction of sp³-hybridized carbons (Fsp3) is 0.188. The van der Waals surface area contributed by atoms with Crippen LogP contribution in [0.25, 0.3) is 94.3 Å². The molecule has 0 aliphatic carbocycles. The number of hydrogen-bond acceptors (Lipinski definition) is 2. The molecule has 0 N–H and O–H groups in total. The van der Waals surface area contributed by atoms with Crippen molar-refractivity contribution in [1.29, 1.82) is 0 Å². The summed E-state index contributed by atoms with van der Waals surface area (Å²) in [5, 5.41) is -0.606. The molecule has 0 spiro atoms. The highest BCUT2D eigenvalue weighted by atomic mass is 15.2. The second-order valence-corrected chi connectivity index (χ2v) is 26.9. The lowest BCUT2D eigenvalue weighted by atomic mass is 9.33. The molecule has 0 saturated carbocycles. The Bertz CT molecular complexity index is 7520. The van der Waals surface area contributed by atoms with E-state index in [1.165, 1.54) is 0 Å². The van der Waals surface area contributed by atoms with Crippen LogP contribution in [-0.2, 0) is 0 Å². The number of hydrogen-bond donors (Lipinski definition) is 0. The molecule has 14 aromatic rings. The topological polar surface area (TPSA) is 11.4 Å². The molecule has 2 aliphatic rings. The van der Waals surface area contributed by atoms with Crippen molar-refractivity contribution in [3.63, 3.8) is 0 Å². The molecule has 0 unspecified atom stereocenters. The van der Waals surface area contributed by atoms with Crippen LogP contribution in [-0.4, -0.2) is 11.3 Å². The van der Waals surface area contributed by atoms with Crippen molar-refractivity contribution in [2.24, 2.45) is 0 Å². The van der Waals surface area contributed by atoms with Gasteiger partial charge in [-0.15, -0.1) is 0 Å². The van der Waals surface area contributed by atoms with Crippen molar-refractivity contribution in [2.45, 2.75) is 119 Å². The number of benzene rings is 13. The maximum Gasteiger partial charge on any atom is 0.252 e. The Morgan fingerprint density at radius 2 is 0.610 bits per heavy atom. The summed E-state index contributed by atoms with van der Waals surface area (Å²) >= 11 is 0. The van der Waals surface area contributed by atoms with Gasteiger partial charge in [0.15, 0.2) is 0 Å². The van der Waals surface area contributed by atoms with Gasteiger partial charge in [0, 0.05) is 44.9 Å². The van der Waals surface area contributed by atoms with E-state index in [0.717, 1.165) is 43.7 Å². The molecule has 2 aliphatic heterocycles. The minimum atomic E-state index is -2.30. The summed E-state index contributed by atoms with van der Waals surface area (Å²) in [6.45, 7) is 21.1. The Balaban J connectivity index is 1.23. The number of rotatable bonds is 15. The molecule has 0 atom stereocenters. The predicted octanol–water partition coefficient (Wildman–Crippen LogP) is 25.6. The molecular weight excluding hydrogens is 1210 g/mol. The molecular formula is C96H88BN3. The zero-order chi connectivity index (χ0) is 103. The largest absolute Gasteiger partial charge is 0.311 e. The van der Waals surface area contributed by atoms with Gasteiger partial charge >= 0.3 is 0 Å². The zero-order valence-electron chi connectivity index (χ0n) is 95.9. The zero-order valence-corrected chi connectivity index (χ0v) is 56.9. The lowest BCUT2D eigenvalue weighted by Crippen LogP contribution is -2.61. The van der Waals surface area contributed by atoms with E-state index in [0.29, 0.717) is 33.4 Å². The number of aromatic nitrogens is 1. The average molecular weight is 1330 g/mol. The van der Waals surface area contributed by atoms with E-state index in [1.807, 2.05) is 107 Å². The van der Waals surface area contributed by atoms with Gasteiger partial charge < -0.3 is 14.4 Å². The van der Waals surface area contributed by atoms with Crippen LogP contribution in [0.3, 0.4) is 0 Å². The molecule has 13 aromatic carbocycles. The maximum absolute atomic E-state index is 11.2. The van der Waals surface area contributed by atoms with Crippen LogP contribution in [0.5, 0.6) is 0 Å². The highest BCUT2D eigenvalue weighted by molar-refractivity contribution is 7.00. The van der Waals surface area contributed by atoms with Gasteiger partial charge in [-0.25, -0.2) is 0 Å². The summed E-state index contributed by atoms with van der Waals surface area (Å²) in [6, 6.07) is -28.1. The molecule has 4 heteroatoms. The average Bonchev–Trinajstić information content (AvgIpc) is 1.47. The van der Waals surface area contributed by atoms with Crippen LogP contribution < -0.4 is 26.2 Å². The molecule has 100 heavy (non-hydrogen) atoms. The van der Waals surface area contributed by atoms with Gasteiger partial charge in [0.1, 0.15) is 0 Å². The normalized spacial score (nSPS) is 18.1. The van der Waals surface area contributed by atoms with Crippen molar-refractivity contribution in [1.82, 2.24) is 4.57 Å². The Kier molecular flexibility index (Phi) is 8.78. The van der Waals surface area contributed by atoms with E-state index in [4.69, 9.17) is 16.4 Å². The van der Waals surface area contributed by atoms with Gasteiger partial charge in [0.2, 0.25) is 0 Å². The quantitative estimate of drug-likeness (QED) is 0.0948. The number of fused-ring (bicyclic) bond motifs is 7. The molecule has 3 nitrogen and oxygen atoms in total. The highest BCUT2D eigenvalue weighted by Crippen LogP contribution is 2.50. The summed E-state index contributed by atoms with van der Waals surface area (Å²) in [6.07, 6.45) is 0. The minimum absolute atomic E-state index is 0.0750. The van der Waals surface area contributed by atoms with E-state index < -0.39 is 354 Å². The van der Waals surface area contributed by atoms with E-state index >= 15 is 0 Å². The third kappa shape index (κ3) is 11.2. The first-order valence-electron chi connectivity index (χ1n) is 52.8. The van der Waals surface area contributed by atoms with E-state index in [9.17, 15) is 37.0 Å². The molecule has 0 radical (unpaired) electrons. The van der Waals surface area contributed by atoms with Crippen LogP contribution in [0.4, 0.5) is 34.1 Å². The third-order valence-corrected chi connectivity index (χ3v) is 18.6. The Morgan fingerprint density at radius 1 is 0.280 bits per heavy atom. The van der Waals surface area contributed by atoms with Gasteiger partial charge in [-0.3, -0.25) is 0 Å². The van der Waals surface area contributed by atoms with Crippen molar-refractivity contribution in [3.05, 3.63) is 311 Å². The van der Waals surface area contributed by atoms with Crippen molar-refractivity contribution < 1.29 is 53.5 Å². The van der Waals surface area contributed by atoms with Crippen LogP contribution >= 0.6 is 0 Å². The summed E-state index contributed by atoms with van der Waals surface area (Å²) in [4.78, 5) is 1.66. The fourth-order valence-electron chi connectivity index (χ4n) is 13.7. The van der Waals surface area contributed by atoms with Gasteiger partial charge in [-0.2, -0.15) is 0 Å². The summed E-state index contributed by atoms with van der Waals surface area (Å²) in [7, 11) is 0. The minimum Gasteiger partial charge on any atom is -0.311 e. The van der Waals surface area contributed by atoms with Crippen LogP contribution in [0, 0.1) is 0 Å². The SMILES string of the molecule is [2H]c1cc2c(c([2H])c1-c1c([2H])c([2H])c([2H])c([2H])c1[2H])B1c3c(cc(-n4c5c([2H])c([2H])c(-c6c(C(C)C)cc(C(C)C)cc6C(C)C)c([2H])c5c5c([2H])c(-c6c(C(C)C)cc(C(C)C)cc6C(C)C)c([2H])c([2H])c54)cc3N(c3c([2H])c([2H])c(-c4c([2H])c([2H])c([2H])c([2H])c4[2H])c([2H])c3[2H])c3c([2H])c([2H])c(-c4c([2H])c([2H])c([2H])c([2H])c4[2H])c([2H])c31)N2c1c([2H])c([2H])c(-c2c([2H])c([2H])c([2H])c([2H])c2[2H])c([2H])c1[2H]. The van der Waals surface area contributed by atoms with Gasteiger partial charge in [0.05, 0.1) is 70.2 Å². The third-order valence-electron chi connectivity index (χ3n) is 18.6. The van der Waals surface area contributed by atoms with Gasteiger partial charge in [0.25, 0.3) is 6.71 Å². The van der Waals surface area contributed by atoms with Gasteiger partial charge in [-0.1, -0.05) is 289 Å². The molecule has 490 valence electrons. The highest BCUT2D eigenvalue weighted by Gasteiger charge is 2.44. The Labute approximate surface area is 648 Å². The monoisotopic (exact) mass is 1330 g/mol. The van der Waals surface area contributed by atoms with Crippen molar-refractivity contribution in [3.8, 4) is 72.4 Å². The van der Waals surface area contributed by atoms with E-state index in [-0.39, 0.29) is 57.4 Å². The first kappa shape index (κ1) is 33.9. The summed E-state index contributed by atoms with van der Waals surface area (Å²) in [5.74, 6) is -1.60. The standard InChI is InChI=1S/C96H88BN3/c1-59(2)75-51-80(61(5)6)94(81(52-75)62(7)8)73-39-45-88-84(49-73)85-50-74(95-82(63(9)10)53-76(60(3)4)54-83(95)64(11)12)40-46-89(85)100(88)79-57-92-96-93(58-79)99(78-43-35-70(36-44-78)66-27-19-14-20-28-66)91-48-38-72(68-31-23-16-24-32-68)56-87(91)97(96)86-55-71(67-29-21-15-22-30-67)37-47-90(86)98(92)77-41-33-69(34-42-77)65-25-17-13-18-26-65/h13-64H,1-12H3/i13D,14D,15D,16D,17D,18D,19D,20D,21D,22D,23D,24D,25D,26D,27D,28D,29D,30D,31D,32D,33D,34D,35D,36D,37D,38D,39D,40D,41D,42D,43D,44D,45D,46D,47D,49D,50D,55D,56D. The van der Waals surface area contributed by atoms with Crippen LogP contribution in [0.1, 0.15) is 205 Å². The molecule has 0 fully saturated rings. The smallest absolute Gasteiger partial charge is 0.252 e. The lowest BCUT2D eigenvalue weighted by molar-refractivity contribution is 0.807. The second kappa shape index (κ2) is 25.9. The van der Waals surface area contributed by atoms with Gasteiger partial charge in [-0.05, 0) is 225 Å². The number of anilines is 6. The first-order valence-corrected chi connectivity index (χ1v) is 33.3.